The molecule has 1 aliphatic heterocycles. The van der Waals surface area contributed by atoms with E-state index in [1.54, 1.807) is 50.4 Å². The predicted octanol–water partition coefficient (Wildman–Crippen LogP) is 2.02. The van der Waals surface area contributed by atoms with E-state index in [0.29, 0.717) is 23.3 Å². The lowest BCUT2D eigenvalue weighted by atomic mass is 9.85. The number of hydrogen-bond donors (Lipinski definition) is 0. The SMILES string of the molecule is CC1(C)Oc2ccc(C#N)cc2[C@@H](n2ccccc2=O)[C@@H]1OC=O. The molecule has 0 radical (unpaired) electrons. The van der Waals surface area contributed by atoms with Crippen LogP contribution in [0, 0.1) is 11.3 Å². The van der Waals surface area contributed by atoms with Gasteiger partial charge >= 0.3 is 0 Å². The summed E-state index contributed by atoms with van der Waals surface area (Å²) in [5.74, 6) is 0.561. The molecule has 0 saturated heterocycles. The standard InChI is InChI=1S/C18H16N2O4/c1-18(2)17(23-11-21)16(20-8-4-3-5-15(20)22)13-9-12(10-19)6-7-14(13)24-18/h3-9,11,16-17H,1-2H3/t16-,17+/m1/s1. The molecule has 2 atom stereocenters. The molecule has 1 aliphatic rings. The second kappa shape index (κ2) is 5.85. The largest absolute Gasteiger partial charge is 0.484 e. The Balaban J connectivity index is 2.28. The lowest BCUT2D eigenvalue weighted by Crippen LogP contribution is -2.53. The van der Waals surface area contributed by atoms with Gasteiger partial charge < -0.3 is 14.0 Å². The zero-order valence-corrected chi connectivity index (χ0v) is 13.3. The molecule has 24 heavy (non-hydrogen) atoms. The van der Waals surface area contributed by atoms with Gasteiger partial charge in [0.2, 0.25) is 0 Å². The highest BCUT2D eigenvalue weighted by Crippen LogP contribution is 2.43. The van der Waals surface area contributed by atoms with E-state index in [9.17, 15) is 14.9 Å². The highest BCUT2D eigenvalue weighted by atomic mass is 16.6. The summed E-state index contributed by atoms with van der Waals surface area (Å²) in [7, 11) is 0. The Morgan fingerprint density at radius 2 is 2.12 bits per heavy atom. The van der Waals surface area contributed by atoms with E-state index < -0.39 is 17.7 Å². The lowest BCUT2D eigenvalue weighted by molar-refractivity contribution is -0.150. The first-order chi connectivity index (χ1) is 11.5. The van der Waals surface area contributed by atoms with Crippen LogP contribution >= 0.6 is 0 Å². The zero-order valence-electron chi connectivity index (χ0n) is 13.3. The van der Waals surface area contributed by atoms with Gasteiger partial charge in [0.05, 0.1) is 11.6 Å². The number of aromatic nitrogens is 1. The predicted molar refractivity (Wildman–Crippen MR) is 85.6 cm³/mol. The number of rotatable bonds is 3. The second-order valence-electron chi connectivity index (χ2n) is 6.11. The summed E-state index contributed by atoms with van der Waals surface area (Å²) in [6.45, 7) is 3.95. The Morgan fingerprint density at radius 1 is 1.33 bits per heavy atom. The Hall–Kier alpha value is -3.07. The summed E-state index contributed by atoms with van der Waals surface area (Å²) in [6, 6.07) is 11.3. The molecule has 1 aromatic carbocycles. The molecule has 0 unspecified atom stereocenters. The average Bonchev–Trinajstić information content (AvgIpc) is 2.56. The van der Waals surface area contributed by atoms with Gasteiger partial charge in [-0.2, -0.15) is 5.26 Å². The maximum Gasteiger partial charge on any atom is 0.293 e. The molecule has 122 valence electrons. The van der Waals surface area contributed by atoms with Crippen molar-refractivity contribution in [2.45, 2.75) is 31.6 Å². The number of nitrogens with zero attached hydrogens (tertiary/aromatic N) is 2. The van der Waals surface area contributed by atoms with Crippen molar-refractivity contribution in [2.24, 2.45) is 0 Å². The highest BCUT2D eigenvalue weighted by molar-refractivity contribution is 5.48. The fourth-order valence-electron chi connectivity index (χ4n) is 3.09. The van der Waals surface area contributed by atoms with Gasteiger partial charge in [-0.15, -0.1) is 0 Å². The third-order valence-corrected chi connectivity index (χ3v) is 4.16. The number of fused-ring (bicyclic) bond motifs is 1. The van der Waals surface area contributed by atoms with E-state index in [1.165, 1.54) is 10.6 Å². The van der Waals surface area contributed by atoms with Gasteiger partial charge in [-0.25, -0.2) is 0 Å². The number of benzene rings is 1. The number of ether oxygens (including phenoxy) is 2. The van der Waals surface area contributed by atoms with Gasteiger partial charge in [0.15, 0.2) is 6.10 Å². The van der Waals surface area contributed by atoms with E-state index in [2.05, 4.69) is 6.07 Å². The maximum absolute atomic E-state index is 12.4. The van der Waals surface area contributed by atoms with E-state index in [0.717, 1.165) is 0 Å². The van der Waals surface area contributed by atoms with Crippen LogP contribution in [0.1, 0.15) is 31.0 Å². The van der Waals surface area contributed by atoms with Crippen LogP contribution in [0.15, 0.2) is 47.4 Å². The fraction of sp³-hybridized carbons (Fsp3) is 0.278. The maximum atomic E-state index is 12.4. The summed E-state index contributed by atoms with van der Waals surface area (Å²) in [5, 5.41) is 9.18. The quantitative estimate of drug-likeness (QED) is 0.807. The molecule has 0 N–H and O–H groups in total. The van der Waals surface area contributed by atoms with Crippen molar-refractivity contribution < 1.29 is 14.3 Å². The van der Waals surface area contributed by atoms with Crippen molar-refractivity contribution in [3.8, 4) is 11.8 Å². The highest BCUT2D eigenvalue weighted by Gasteiger charge is 2.46. The van der Waals surface area contributed by atoms with Crippen LogP contribution in [0.5, 0.6) is 5.75 Å². The third-order valence-electron chi connectivity index (χ3n) is 4.16. The summed E-state index contributed by atoms with van der Waals surface area (Å²) >= 11 is 0. The van der Waals surface area contributed by atoms with Crippen LogP contribution < -0.4 is 10.3 Å². The minimum atomic E-state index is -0.845. The number of nitriles is 1. The monoisotopic (exact) mass is 324 g/mol. The lowest BCUT2D eigenvalue weighted by Gasteiger charge is -2.43. The number of pyridine rings is 1. The second-order valence-corrected chi connectivity index (χ2v) is 6.11. The van der Waals surface area contributed by atoms with Gasteiger partial charge in [-0.3, -0.25) is 9.59 Å². The molecule has 2 heterocycles. The molecule has 3 rings (SSSR count). The molecule has 0 bridgehead atoms. The van der Waals surface area contributed by atoms with Crippen LogP contribution in [0.2, 0.25) is 0 Å². The summed E-state index contributed by atoms with van der Waals surface area (Å²) in [5.41, 5.74) is -0.000383. The van der Waals surface area contributed by atoms with Crippen molar-refractivity contribution in [1.29, 1.82) is 5.26 Å². The normalized spacial score (nSPS) is 21.0. The zero-order chi connectivity index (χ0) is 17.3. The average molecular weight is 324 g/mol. The molecule has 1 aromatic heterocycles. The summed E-state index contributed by atoms with van der Waals surface area (Å²) in [6.07, 6.45) is 0.912. The number of hydrogen-bond acceptors (Lipinski definition) is 5. The molecular formula is C18H16N2O4. The molecule has 6 heteroatoms. The van der Waals surface area contributed by atoms with Crippen molar-refractivity contribution in [3.63, 3.8) is 0 Å². The summed E-state index contributed by atoms with van der Waals surface area (Å²) < 4.78 is 12.8. The first-order valence-electron chi connectivity index (χ1n) is 7.47. The Bertz CT molecular complexity index is 879. The van der Waals surface area contributed by atoms with Crippen molar-refractivity contribution >= 4 is 6.47 Å². The van der Waals surface area contributed by atoms with Crippen molar-refractivity contribution in [1.82, 2.24) is 4.57 Å². The molecule has 0 aliphatic carbocycles. The van der Waals surface area contributed by atoms with Crippen LogP contribution in [-0.2, 0) is 9.53 Å². The van der Waals surface area contributed by atoms with Crippen LogP contribution in [-0.4, -0.2) is 22.7 Å². The fourth-order valence-corrected chi connectivity index (χ4v) is 3.09. The van der Waals surface area contributed by atoms with Crippen LogP contribution in [0.4, 0.5) is 0 Å². The summed E-state index contributed by atoms with van der Waals surface area (Å²) in [4.78, 5) is 23.4. The number of carbonyl (C=O) groups excluding carboxylic acids is 1. The van der Waals surface area contributed by atoms with E-state index in [-0.39, 0.29) is 5.56 Å². The van der Waals surface area contributed by atoms with Gasteiger partial charge in [-0.1, -0.05) is 6.07 Å². The molecular weight excluding hydrogens is 308 g/mol. The van der Waals surface area contributed by atoms with Gasteiger partial charge in [0.1, 0.15) is 17.4 Å². The minimum Gasteiger partial charge on any atom is -0.484 e. The van der Waals surface area contributed by atoms with Gasteiger partial charge in [0, 0.05) is 17.8 Å². The molecule has 2 aromatic rings. The van der Waals surface area contributed by atoms with Gasteiger partial charge in [0.25, 0.3) is 12.0 Å². The van der Waals surface area contributed by atoms with E-state index in [4.69, 9.17) is 9.47 Å². The Kier molecular flexibility index (Phi) is 3.86. The number of carbonyl (C=O) groups is 1. The minimum absolute atomic E-state index is 0.229. The Labute approximate surface area is 138 Å². The van der Waals surface area contributed by atoms with Crippen LogP contribution in [0.3, 0.4) is 0 Å². The molecule has 0 amide bonds. The topological polar surface area (TPSA) is 81.3 Å². The van der Waals surface area contributed by atoms with Crippen LogP contribution in [0.25, 0.3) is 0 Å². The molecule has 0 saturated carbocycles. The van der Waals surface area contributed by atoms with E-state index in [1.807, 2.05) is 0 Å². The first kappa shape index (κ1) is 15.8. The van der Waals surface area contributed by atoms with Crippen molar-refractivity contribution in [3.05, 3.63) is 64.1 Å². The molecule has 6 nitrogen and oxygen atoms in total. The Morgan fingerprint density at radius 3 is 2.79 bits per heavy atom. The third kappa shape index (κ3) is 2.54. The smallest absolute Gasteiger partial charge is 0.293 e. The first-order valence-corrected chi connectivity index (χ1v) is 7.47. The van der Waals surface area contributed by atoms with E-state index >= 15 is 0 Å². The van der Waals surface area contributed by atoms with Crippen molar-refractivity contribution in [2.75, 3.05) is 0 Å². The molecule has 0 spiro atoms. The van der Waals surface area contributed by atoms with Gasteiger partial charge in [-0.05, 0) is 38.1 Å². The molecule has 0 fully saturated rings.